The van der Waals surface area contributed by atoms with Gasteiger partial charge >= 0.3 is 0 Å². The normalized spacial score (nSPS) is 13.5. The molecule has 1 fully saturated rings. The van der Waals surface area contributed by atoms with E-state index in [1.165, 1.54) is 0 Å². The molecular formula is C39H35NO5S. The Morgan fingerprint density at radius 3 is 2.02 bits per heavy atom. The smallest absolute Gasteiger partial charge is 0.231 e. The number of aryl methyl sites for hydroxylation is 1. The maximum atomic E-state index is 12.5. The Morgan fingerprint density at radius 2 is 1.37 bits per heavy atom. The van der Waals surface area contributed by atoms with E-state index in [0.29, 0.717) is 0 Å². The highest BCUT2D eigenvalue weighted by Gasteiger charge is 2.29. The molecule has 1 heterocycles. The molecule has 1 aliphatic carbocycles. The summed E-state index contributed by atoms with van der Waals surface area (Å²) in [5, 5.41) is 3.11. The number of fused-ring (bicyclic) bond motifs is 1. The summed E-state index contributed by atoms with van der Waals surface area (Å²) in [7, 11) is 3.37. The van der Waals surface area contributed by atoms with E-state index in [9.17, 15) is 4.79 Å². The topological polar surface area (TPSA) is 66.0 Å². The quantitative estimate of drug-likeness (QED) is 0.155. The summed E-state index contributed by atoms with van der Waals surface area (Å²) in [6.07, 6.45) is 1.94. The molecule has 1 amide bonds. The van der Waals surface area contributed by atoms with Gasteiger partial charge in [0.1, 0.15) is 11.5 Å². The minimum Gasteiger partial charge on any atom is -0.497 e. The van der Waals surface area contributed by atoms with Crippen molar-refractivity contribution in [1.82, 2.24) is 0 Å². The highest BCUT2D eigenvalue weighted by Crippen LogP contribution is 2.47. The monoisotopic (exact) mass is 629 g/mol. The number of thioether (sulfide) groups is 1. The van der Waals surface area contributed by atoms with Crippen LogP contribution in [0.15, 0.2) is 108 Å². The average Bonchev–Trinajstić information content (AvgIpc) is 3.85. The summed E-state index contributed by atoms with van der Waals surface area (Å²) >= 11 is 1.80. The van der Waals surface area contributed by atoms with Crippen LogP contribution in [0.5, 0.6) is 23.0 Å². The van der Waals surface area contributed by atoms with Gasteiger partial charge in [-0.3, -0.25) is 4.79 Å². The van der Waals surface area contributed by atoms with E-state index in [4.69, 9.17) is 18.9 Å². The van der Waals surface area contributed by atoms with E-state index < -0.39 is 0 Å². The Bertz CT molecular complexity index is 1840. The molecule has 232 valence electrons. The summed E-state index contributed by atoms with van der Waals surface area (Å²) in [6.45, 7) is 2.32. The van der Waals surface area contributed by atoms with Crippen LogP contribution in [0, 0.1) is 12.8 Å². The summed E-state index contributed by atoms with van der Waals surface area (Å²) in [6, 6.07) is 35.4. The first kappa shape index (κ1) is 29.8. The van der Waals surface area contributed by atoms with Gasteiger partial charge in [-0.2, -0.15) is 0 Å². The van der Waals surface area contributed by atoms with Crippen molar-refractivity contribution in [2.45, 2.75) is 29.9 Å². The molecule has 0 radical (unpaired) electrons. The molecule has 6 nitrogen and oxygen atoms in total. The van der Waals surface area contributed by atoms with Gasteiger partial charge < -0.3 is 24.3 Å². The van der Waals surface area contributed by atoms with Crippen LogP contribution in [0.4, 0.5) is 5.69 Å². The maximum absolute atomic E-state index is 12.5. The molecule has 0 unspecified atom stereocenters. The predicted molar refractivity (Wildman–Crippen MR) is 183 cm³/mol. The van der Waals surface area contributed by atoms with Crippen molar-refractivity contribution >= 4 is 23.4 Å². The van der Waals surface area contributed by atoms with Crippen LogP contribution < -0.4 is 24.3 Å². The molecular weight excluding hydrogens is 594 g/mol. The average molecular weight is 630 g/mol. The molecule has 0 saturated heterocycles. The molecule has 5 aromatic carbocycles. The van der Waals surface area contributed by atoms with Crippen molar-refractivity contribution in [3.05, 3.63) is 120 Å². The molecule has 0 bridgehead atoms. The first-order chi connectivity index (χ1) is 22.5. The zero-order chi connectivity index (χ0) is 31.6. The fourth-order valence-corrected chi connectivity index (χ4v) is 6.99. The van der Waals surface area contributed by atoms with Crippen LogP contribution in [-0.2, 0) is 4.79 Å². The van der Waals surface area contributed by atoms with Crippen LogP contribution in [0.25, 0.3) is 22.3 Å². The van der Waals surface area contributed by atoms with E-state index in [1.54, 1.807) is 26.0 Å². The minimum absolute atomic E-state index is 0.00174. The number of methoxy groups -OCH3 is 2. The van der Waals surface area contributed by atoms with Crippen molar-refractivity contribution in [3.63, 3.8) is 0 Å². The number of hydrogen-bond donors (Lipinski definition) is 1. The van der Waals surface area contributed by atoms with Crippen molar-refractivity contribution < 1.29 is 23.7 Å². The zero-order valence-electron chi connectivity index (χ0n) is 26.0. The molecule has 1 saturated carbocycles. The molecule has 7 rings (SSSR count). The number of amides is 1. The lowest BCUT2D eigenvalue weighted by molar-refractivity contribution is -0.117. The van der Waals surface area contributed by atoms with Crippen molar-refractivity contribution in [1.29, 1.82) is 0 Å². The molecule has 1 N–H and O–H groups in total. The first-order valence-electron chi connectivity index (χ1n) is 15.4. The van der Waals surface area contributed by atoms with Gasteiger partial charge in [0.05, 0.1) is 19.5 Å². The Labute approximate surface area is 273 Å². The van der Waals surface area contributed by atoms with Crippen molar-refractivity contribution in [2.24, 2.45) is 5.92 Å². The second-order valence-electron chi connectivity index (χ2n) is 11.6. The van der Waals surface area contributed by atoms with Gasteiger partial charge in [-0.15, -0.1) is 11.8 Å². The number of ether oxygens (including phenoxy) is 4. The van der Waals surface area contributed by atoms with Gasteiger partial charge in [0, 0.05) is 16.5 Å². The van der Waals surface area contributed by atoms with E-state index in [-0.39, 0.29) is 23.9 Å². The molecule has 0 aromatic heterocycles. The second-order valence-corrected chi connectivity index (χ2v) is 12.8. The van der Waals surface area contributed by atoms with Crippen LogP contribution in [-0.4, -0.2) is 26.9 Å². The lowest BCUT2D eigenvalue weighted by Crippen LogP contribution is -2.13. The van der Waals surface area contributed by atoms with Gasteiger partial charge in [-0.25, -0.2) is 0 Å². The number of nitrogens with one attached hydrogen (secondary N) is 1. The van der Waals surface area contributed by atoms with Gasteiger partial charge in [-0.05, 0) is 119 Å². The summed E-state index contributed by atoms with van der Waals surface area (Å²) in [4.78, 5) is 13.7. The van der Waals surface area contributed by atoms with Gasteiger partial charge in [0.15, 0.2) is 11.5 Å². The standard InChI is InChI=1S/C39H35NO5S/c1-24-4-13-30(40-39(41)27-5-6-27)22-33(24)28-12-19-37(34(20-28)29-11-18-35-36(21-29)45-23-44-35)46-38(25-7-14-31(42-2)15-8-25)26-9-16-32(43-3)17-10-26/h4,7-22,27,38H,5-6,23H2,1-3H3,(H,40,41). The third-order valence-electron chi connectivity index (χ3n) is 8.51. The first-order valence-corrected chi connectivity index (χ1v) is 16.3. The summed E-state index contributed by atoms with van der Waals surface area (Å²) in [5.41, 5.74) is 8.54. The maximum Gasteiger partial charge on any atom is 0.231 e. The number of hydrogen-bond acceptors (Lipinski definition) is 6. The number of carbonyl (C=O) groups excluding carboxylic acids is 1. The Hall–Kier alpha value is -4.88. The van der Waals surface area contributed by atoms with Crippen LogP contribution in [0.2, 0.25) is 0 Å². The highest BCUT2D eigenvalue weighted by atomic mass is 32.2. The zero-order valence-corrected chi connectivity index (χ0v) is 26.9. The van der Waals surface area contributed by atoms with Crippen LogP contribution in [0.1, 0.15) is 34.8 Å². The fourth-order valence-electron chi connectivity index (χ4n) is 5.70. The Morgan fingerprint density at radius 1 is 0.739 bits per heavy atom. The SMILES string of the molecule is COc1ccc(C(Sc2ccc(-c3cc(NC(=O)C4CC4)ccc3C)cc2-c2ccc3c(c2)OCO3)c2ccc(OC)cc2)cc1. The molecule has 7 heteroatoms. The molecule has 2 aliphatic rings. The lowest BCUT2D eigenvalue weighted by Gasteiger charge is -2.21. The van der Waals surface area contributed by atoms with Gasteiger partial charge in [-0.1, -0.05) is 42.5 Å². The van der Waals surface area contributed by atoms with Crippen molar-refractivity contribution in [2.75, 3.05) is 26.3 Å². The van der Waals surface area contributed by atoms with Crippen LogP contribution in [0.3, 0.4) is 0 Å². The lowest BCUT2D eigenvalue weighted by atomic mass is 9.95. The molecule has 46 heavy (non-hydrogen) atoms. The molecule has 1 aliphatic heterocycles. The Balaban J connectivity index is 1.32. The van der Waals surface area contributed by atoms with E-state index >= 15 is 0 Å². The third-order valence-corrected chi connectivity index (χ3v) is 9.90. The largest absolute Gasteiger partial charge is 0.497 e. The number of rotatable bonds is 10. The van der Waals surface area contributed by atoms with E-state index in [1.807, 2.05) is 36.4 Å². The summed E-state index contributed by atoms with van der Waals surface area (Å²) in [5.74, 6) is 3.37. The third kappa shape index (κ3) is 6.28. The number of anilines is 1. The van der Waals surface area contributed by atoms with Gasteiger partial charge in [0.2, 0.25) is 12.7 Å². The number of benzene rings is 5. The molecule has 0 atom stereocenters. The second kappa shape index (κ2) is 12.9. The Kier molecular flexibility index (Phi) is 8.33. The van der Waals surface area contributed by atoms with Crippen LogP contribution >= 0.6 is 11.8 Å². The molecule has 5 aromatic rings. The number of carbonyl (C=O) groups is 1. The summed E-state index contributed by atoms with van der Waals surface area (Å²) < 4.78 is 22.3. The van der Waals surface area contributed by atoms with E-state index in [2.05, 4.69) is 79.0 Å². The van der Waals surface area contributed by atoms with Crippen molar-refractivity contribution in [3.8, 4) is 45.3 Å². The fraction of sp³-hybridized carbons (Fsp3) is 0.205. The minimum atomic E-state index is -0.00174. The predicted octanol–water partition coefficient (Wildman–Crippen LogP) is 9.31. The van der Waals surface area contributed by atoms with E-state index in [0.717, 1.165) is 85.4 Å². The highest BCUT2D eigenvalue weighted by molar-refractivity contribution is 7.99. The van der Waals surface area contributed by atoms with Gasteiger partial charge in [0.25, 0.3) is 0 Å². The molecule has 0 spiro atoms.